The minimum Gasteiger partial charge on any atom is -0.497 e. The molecule has 0 heterocycles. The van der Waals surface area contributed by atoms with E-state index in [2.05, 4.69) is 12.3 Å². The second kappa shape index (κ2) is 7.27. The Bertz CT molecular complexity index is 342. The van der Waals surface area contributed by atoms with Gasteiger partial charge < -0.3 is 9.47 Å². The Kier molecular flexibility index (Phi) is 5.97. The van der Waals surface area contributed by atoms with E-state index in [4.69, 9.17) is 15.3 Å². The molecule has 1 atom stereocenters. The van der Waals surface area contributed by atoms with E-state index in [0.717, 1.165) is 18.8 Å². The first kappa shape index (κ1) is 14.0. The van der Waals surface area contributed by atoms with Gasteiger partial charge in [0.25, 0.3) is 0 Å². The number of nitrogens with one attached hydrogen (secondary N) is 1. The Labute approximate surface area is 103 Å². The molecule has 0 aliphatic heterocycles. The van der Waals surface area contributed by atoms with Crippen LogP contribution >= 0.6 is 0 Å². The van der Waals surface area contributed by atoms with Gasteiger partial charge in [-0.3, -0.25) is 11.3 Å². The van der Waals surface area contributed by atoms with Gasteiger partial charge in [0.05, 0.1) is 7.11 Å². The van der Waals surface area contributed by atoms with Crippen LogP contribution in [0.5, 0.6) is 5.75 Å². The molecule has 0 bridgehead atoms. The second-order valence-electron chi connectivity index (χ2n) is 3.93. The molecule has 0 radical (unpaired) electrons. The van der Waals surface area contributed by atoms with E-state index in [-0.39, 0.29) is 6.04 Å². The Balaban J connectivity index is 2.73. The van der Waals surface area contributed by atoms with Gasteiger partial charge >= 0.3 is 0 Å². The summed E-state index contributed by atoms with van der Waals surface area (Å²) < 4.78 is 10.5. The van der Waals surface area contributed by atoms with Crippen LogP contribution in [0.4, 0.5) is 0 Å². The number of nitrogens with two attached hydrogens (primary N) is 1. The molecular weight excluding hydrogens is 216 g/mol. The molecule has 0 amide bonds. The zero-order valence-corrected chi connectivity index (χ0v) is 10.8. The van der Waals surface area contributed by atoms with E-state index >= 15 is 0 Å². The fraction of sp³-hybridized carbons (Fsp3) is 0.538. The first-order valence-corrected chi connectivity index (χ1v) is 5.91. The number of methoxy groups -OCH3 is 1. The van der Waals surface area contributed by atoms with Gasteiger partial charge in [-0.1, -0.05) is 6.07 Å². The maximum absolute atomic E-state index is 5.59. The number of hydrogen-bond donors (Lipinski definition) is 2. The number of rotatable bonds is 7. The molecule has 4 nitrogen and oxygen atoms in total. The summed E-state index contributed by atoms with van der Waals surface area (Å²) in [6.07, 6.45) is 0.859. The fourth-order valence-corrected chi connectivity index (χ4v) is 1.84. The number of hydrazine groups is 1. The normalized spacial score (nSPS) is 12.5. The van der Waals surface area contributed by atoms with E-state index in [1.807, 2.05) is 25.1 Å². The number of benzene rings is 1. The maximum Gasteiger partial charge on any atom is 0.119 e. The van der Waals surface area contributed by atoms with Crippen LogP contribution in [0.25, 0.3) is 0 Å². The lowest BCUT2D eigenvalue weighted by Gasteiger charge is -2.19. The van der Waals surface area contributed by atoms with Crippen LogP contribution in [0.1, 0.15) is 30.5 Å². The molecule has 0 saturated heterocycles. The summed E-state index contributed by atoms with van der Waals surface area (Å²) in [5.74, 6) is 6.46. The molecule has 0 aromatic heterocycles. The van der Waals surface area contributed by atoms with Crippen molar-refractivity contribution in [2.75, 3.05) is 20.3 Å². The van der Waals surface area contributed by atoms with Crippen LogP contribution in [0, 0.1) is 6.92 Å². The van der Waals surface area contributed by atoms with Crippen molar-refractivity contribution in [2.45, 2.75) is 26.3 Å². The zero-order valence-electron chi connectivity index (χ0n) is 10.8. The van der Waals surface area contributed by atoms with Crippen molar-refractivity contribution in [2.24, 2.45) is 5.84 Å². The van der Waals surface area contributed by atoms with Gasteiger partial charge in [-0.15, -0.1) is 0 Å². The van der Waals surface area contributed by atoms with Crippen molar-refractivity contribution in [3.8, 4) is 5.75 Å². The molecule has 0 aliphatic rings. The van der Waals surface area contributed by atoms with E-state index in [9.17, 15) is 0 Å². The van der Waals surface area contributed by atoms with E-state index < -0.39 is 0 Å². The van der Waals surface area contributed by atoms with Gasteiger partial charge in [0, 0.05) is 19.3 Å². The predicted molar refractivity (Wildman–Crippen MR) is 68.9 cm³/mol. The first-order valence-electron chi connectivity index (χ1n) is 5.91. The molecule has 0 fully saturated rings. The molecule has 0 spiro atoms. The predicted octanol–water partition coefficient (Wildman–Crippen LogP) is 1.93. The highest BCUT2D eigenvalue weighted by Gasteiger charge is 2.12. The quantitative estimate of drug-likeness (QED) is 0.433. The van der Waals surface area contributed by atoms with Crippen LogP contribution in [-0.4, -0.2) is 20.3 Å². The summed E-state index contributed by atoms with van der Waals surface area (Å²) in [6.45, 7) is 5.49. The van der Waals surface area contributed by atoms with Crippen LogP contribution in [0.3, 0.4) is 0 Å². The average Bonchev–Trinajstić information content (AvgIpc) is 2.35. The molecule has 1 aromatic carbocycles. The molecule has 0 saturated carbocycles. The third-order valence-corrected chi connectivity index (χ3v) is 2.81. The topological polar surface area (TPSA) is 56.5 Å². The minimum absolute atomic E-state index is 0.118. The molecule has 17 heavy (non-hydrogen) atoms. The van der Waals surface area contributed by atoms with Gasteiger partial charge in [-0.2, -0.15) is 0 Å². The summed E-state index contributed by atoms with van der Waals surface area (Å²) in [7, 11) is 1.67. The summed E-state index contributed by atoms with van der Waals surface area (Å²) >= 11 is 0. The smallest absolute Gasteiger partial charge is 0.119 e. The minimum atomic E-state index is 0.118. The summed E-state index contributed by atoms with van der Waals surface area (Å²) in [4.78, 5) is 0. The van der Waals surface area contributed by atoms with Gasteiger partial charge in [0.2, 0.25) is 0 Å². The lowest BCUT2D eigenvalue weighted by Crippen LogP contribution is -2.29. The number of ether oxygens (including phenoxy) is 2. The number of aryl methyl sites for hydroxylation is 1. The van der Waals surface area contributed by atoms with Gasteiger partial charge in [0.1, 0.15) is 5.75 Å². The SMILES string of the molecule is CCOCCC(NN)c1ccc(OC)cc1C. The average molecular weight is 238 g/mol. The molecular formula is C13H22N2O2. The molecule has 1 aromatic rings. The van der Waals surface area contributed by atoms with Crippen LogP contribution in [0.15, 0.2) is 18.2 Å². The zero-order chi connectivity index (χ0) is 12.7. The summed E-state index contributed by atoms with van der Waals surface area (Å²) in [6, 6.07) is 6.13. The molecule has 3 N–H and O–H groups in total. The molecule has 96 valence electrons. The first-order chi connectivity index (χ1) is 8.22. The van der Waals surface area contributed by atoms with Crippen molar-refractivity contribution < 1.29 is 9.47 Å². The van der Waals surface area contributed by atoms with Gasteiger partial charge in [-0.05, 0) is 43.5 Å². The van der Waals surface area contributed by atoms with Gasteiger partial charge in [-0.25, -0.2) is 0 Å². The maximum atomic E-state index is 5.59. The molecule has 0 aliphatic carbocycles. The van der Waals surface area contributed by atoms with Crippen molar-refractivity contribution in [3.05, 3.63) is 29.3 Å². The third-order valence-electron chi connectivity index (χ3n) is 2.81. The van der Waals surface area contributed by atoms with Crippen LogP contribution in [0.2, 0.25) is 0 Å². The highest BCUT2D eigenvalue weighted by molar-refractivity contribution is 5.36. The van der Waals surface area contributed by atoms with Crippen LogP contribution < -0.4 is 16.0 Å². The Morgan fingerprint density at radius 2 is 2.18 bits per heavy atom. The highest BCUT2D eigenvalue weighted by atomic mass is 16.5. The standard InChI is InChI=1S/C13H22N2O2/c1-4-17-8-7-13(15-14)12-6-5-11(16-3)9-10(12)2/h5-6,9,13,15H,4,7-8,14H2,1-3H3. The van der Waals surface area contributed by atoms with E-state index in [1.165, 1.54) is 11.1 Å². The highest BCUT2D eigenvalue weighted by Crippen LogP contribution is 2.24. The lowest BCUT2D eigenvalue weighted by atomic mass is 9.99. The van der Waals surface area contributed by atoms with Crippen LogP contribution in [-0.2, 0) is 4.74 Å². The van der Waals surface area contributed by atoms with Gasteiger partial charge in [0.15, 0.2) is 0 Å². The Morgan fingerprint density at radius 3 is 2.71 bits per heavy atom. The van der Waals surface area contributed by atoms with Crippen molar-refractivity contribution in [3.63, 3.8) is 0 Å². The monoisotopic (exact) mass is 238 g/mol. The molecule has 1 unspecified atom stereocenters. The van der Waals surface area contributed by atoms with Crippen molar-refractivity contribution in [1.82, 2.24) is 5.43 Å². The summed E-state index contributed by atoms with van der Waals surface area (Å²) in [5, 5.41) is 0. The third kappa shape index (κ3) is 4.00. The molecule has 1 rings (SSSR count). The largest absolute Gasteiger partial charge is 0.497 e. The molecule has 4 heteroatoms. The second-order valence-corrected chi connectivity index (χ2v) is 3.93. The fourth-order valence-electron chi connectivity index (χ4n) is 1.84. The lowest BCUT2D eigenvalue weighted by molar-refractivity contribution is 0.136. The Hall–Kier alpha value is -1.10. The van der Waals surface area contributed by atoms with Crippen molar-refractivity contribution >= 4 is 0 Å². The number of hydrogen-bond acceptors (Lipinski definition) is 4. The summed E-state index contributed by atoms with van der Waals surface area (Å²) in [5.41, 5.74) is 5.19. The Morgan fingerprint density at radius 1 is 1.41 bits per heavy atom. The van der Waals surface area contributed by atoms with E-state index in [1.54, 1.807) is 7.11 Å². The van der Waals surface area contributed by atoms with E-state index in [0.29, 0.717) is 6.61 Å². The van der Waals surface area contributed by atoms with Crippen molar-refractivity contribution in [1.29, 1.82) is 0 Å².